The minimum atomic E-state index is -0.371. The maximum absolute atomic E-state index is 14.0. The lowest BCUT2D eigenvalue weighted by molar-refractivity contribution is 0.585. The fourth-order valence-electron chi connectivity index (χ4n) is 2.93. The summed E-state index contributed by atoms with van der Waals surface area (Å²) in [6, 6.07) is 14.0. The lowest BCUT2D eigenvalue weighted by Crippen LogP contribution is -2.19. The van der Waals surface area contributed by atoms with Crippen LogP contribution in [0.2, 0.25) is 10.0 Å². The van der Waals surface area contributed by atoms with E-state index in [1.165, 1.54) is 6.07 Å². The molecule has 10 heteroatoms. The summed E-state index contributed by atoms with van der Waals surface area (Å²) in [6.07, 6.45) is 5.17. The van der Waals surface area contributed by atoms with E-state index in [1.54, 1.807) is 33.9 Å². The number of hydrogen-bond acceptors (Lipinski definition) is 3. The van der Waals surface area contributed by atoms with Crippen molar-refractivity contribution in [3.8, 4) is 0 Å². The molecule has 6 nitrogen and oxygen atoms in total. The molecule has 31 heavy (non-hydrogen) atoms. The number of benzene rings is 2. The number of nitrogens with one attached hydrogen (secondary N) is 2. The minimum absolute atomic E-state index is 0.211. The van der Waals surface area contributed by atoms with E-state index in [1.807, 2.05) is 36.5 Å². The number of rotatable bonds is 6. The Hall–Kier alpha value is -2.94. The van der Waals surface area contributed by atoms with E-state index >= 15 is 0 Å². The van der Waals surface area contributed by atoms with Gasteiger partial charge in [0.2, 0.25) is 0 Å². The molecule has 0 saturated carbocycles. The summed E-state index contributed by atoms with van der Waals surface area (Å²) < 4.78 is 17.3. The number of anilines is 2. The Balaban J connectivity index is 1.33. The molecule has 0 atom stereocenters. The predicted octanol–water partition coefficient (Wildman–Crippen LogP) is 5.43. The summed E-state index contributed by atoms with van der Waals surface area (Å²) in [6.45, 7) is 0.826. The largest absolute Gasteiger partial charge is 0.330 e. The molecule has 0 fully saturated rings. The van der Waals surface area contributed by atoms with Gasteiger partial charge in [0.05, 0.1) is 25.0 Å². The first-order valence-corrected chi connectivity index (χ1v) is 10.4. The molecule has 2 N–H and O–H groups in total. The van der Waals surface area contributed by atoms with Crippen LogP contribution in [0.4, 0.5) is 15.9 Å². The lowest BCUT2D eigenvalue weighted by Gasteiger charge is -2.07. The van der Waals surface area contributed by atoms with E-state index < -0.39 is 0 Å². The van der Waals surface area contributed by atoms with Gasteiger partial charge in [0.1, 0.15) is 5.82 Å². The summed E-state index contributed by atoms with van der Waals surface area (Å²) >= 11 is 17.3. The molecule has 0 spiro atoms. The van der Waals surface area contributed by atoms with Crippen LogP contribution in [0.15, 0.2) is 67.1 Å². The second-order valence-electron chi connectivity index (χ2n) is 6.73. The van der Waals surface area contributed by atoms with Crippen molar-refractivity contribution in [2.75, 3.05) is 10.6 Å². The van der Waals surface area contributed by atoms with Gasteiger partial charge < -0.3 is 10.6 Å². The van der Waals surface area contributed by atoms with E-state index in [0.717, 1.165) is 5.56 Å². The SMILES string of the molecule is Fc1cccc(Cl)c1Cn1cc(NC(=S)Nc2ccn(Cc3ccc(Cl)cc3)n2)cn1. The lowest BCUT2D eigenvalue weighted by atomic mass is 10.2. The molecule has 4 rings (SSSR count). The molecule has 158 valence electrons. The van der Waals surface area contributed by atoms with E-state index in [0.29, 0.717) is 38.8 Å². The van der Waals surface area contributed by atoms with Gasteiger partial charge >= 0.3 is 0 Å². The molecular weight excluding hydrogens is 458 g/mol. The van der Waals surface area contributed by atoms with Crippen LogP contribution < -0.4 is 10.6 Å². The highest BCUT2D eigenvalue weighted by Gasteiger charge is 2.10. The number of halogens is 3. The Morgan fingerprint density at radius 3 is 2.58 bits per heavy atom. The fraction of sp³-hybridized carbons (Fsp3) is 0.0952. The van der Waals surface area contributed by atoms with Crippen LogP contribution in [0.5, 0.6) is 0 Å². The maximum Gasteiger partial charge on any atom is 0.176 e. The second kappa shape index (κ2) is 9.47. The number of hydrogen-bond donors (Lipinski definition) is 2. The standard InChI is InChI=1S/C21H17Cl2FN6S/c22-15-6-4-14(5-7-15)11-29-9-8-20(28-29)27-21(31)26-16-10-25-30(12-16)13-17-18(23)2-1-3-19(17)24/h1-10,12H,11,13H2,(H2,26,27,28,31). The summed E-state index contributed by atoms with van der Waals surface area (Å²) in [4.78, 5) is 0. The first-order valence-electron chi connectivity index (χ1n) is 9.27. The molecule has 0 radical (unpaired) electrons. The van der Waals surface area contributed by atoms with Crippen LogP contribution in [-0.4, -0.2) is 24.7 Å². The zero-order chi connectivity index (χ0) is 21.8. The van der Waals surface area contributed by atoms with Gasteiger partial charge in [0.15, 0.2) is 10.9 Å². The Labute approximate surface area is 193 Å². The topological polar surface area (TPSA) is 59.7 Å². The van der Waals surface area contributed by atoms with Crippen LogP contribution in [0, 0.1) is 5.82 Å². The van der Waals surface area contributed by atoms with E-state index in [-0.39, 0.29) is 12.4 Å². The van der Waals surface area contributed by atoms with Gasteiger partial charge in [-0.05, 0) is 42.0 Å². The van der Waals surface area contributed by atoms with Gasteiger partial charge in [-0.25, -0.2) is 4.39 Å². The molecular formula is C21H17Cl2FN6S. The average Bonchev–Trinajstić information content (AvgIpc) is 3.36. The summed E-state index contributed by atoms with van der Waals surface area (Å²) in [5.41, 5.74) is 2.12. The third-order valence-corrected chi connectivity index (χ3v) is 5.22. The highest BCUT2D eigenvalue weighted by atomic mass is 35.5. The first kappa shape index (κ1) is 21.3. The van der Waals surface area contributed by atoms with Gasteiger partial charge in [0.25, 0.3) is 0 Å². The molecule has 0 saturated heterocycles. The van der Waals surface area contributed by atoms with E-state index in [4.69, 9.17) is 35.4 Å². The third kappa shape index (κ3) is 5.61. The van der Waals surface area contributed by atoms with Crippen molar-refractivity contribution < 1.29 is 4.39 Å². The van der Waals surface area contributed by atoms with Crippen LogP contribution in [-0.2, 0) is 13.1 Å². The van der Waals surface area contributed by atoms with E-state index in [2.05, 4.69) is 20.8 Å². The van der Waals surface area contributed by atoms with Crippen molar-refractivity contribution in [1.82, 2.24) is 19.6 Å². The second-order valence-corrected chi connectivity index (χ2v) is 7.98. The molecule has 4 aromatic rings. The molecule has 0 aliphatic heterocycles. The van der Waals surface area contributed by atoms with Crippen molar-refractivity contribution in [2.24, 2.45) is 0 Å². The van der Waals surface area contributed by atoms with Gasteiger partial charge in [-0.2, -0.15) is 10.2 Å². The number of nitrogens with zero attached hydrogens (tertiary/aromatic N) is 4. The van der Waals surface area contributed by atoms with Gasteiger partial charge in [-0.1, -0.05) is 41.4 Å². The molecule has 2 heterocycles. The molecule has 0 amide bonds. The van der Waals surface area contributed by atoms with Gasteiger partial charge in [0, 0.05) is 34.1 Å². The Kier molecular flexibility index (Phi) is 6.50. The third-order valence-electron chi connectivity index (χ3n) is 4.41. The van der Waals surface area contributed by atoms with Crippen LogP contribution in [0.1, 0.15) is 11.1 Å². The molecule has 0 bridgehead atoms. The average molecular weight is 475 g/mol. The Morgan fingerprint density at radius 1 is 1.00 bits per heavy atom. The molecule has 2 aromatic carbocycles. The highest BCUT2D eigenvalue weighted by Crippen LogP contribution is 2.20. The maximum atomic E-state index is 14.0. The number of aromatic nitrogens is 4. The van der Waals surface area contributed by atoms with Crippen LogP contribution >= 0.6 is 35.4 Å². The quantitative estimate of drug-likeness (QED) is 0.364. The van der Waals surface area contributed by atoms with Crippen molar-refractivity contribution in [3.05, 3.63) is 94.1 Å². The van der Waals surface area contributed by atoms with Gasteiger partial charge in [-0.3, -0.25) is 9.36 Å². The summed E-state index contributed by atoms with van der Waals surface area (Å²) in [5, 5.41) is 16.2. The monoisotopic (exact) mass is 474 g/mol. The van der Waals surface area contributed by atoms with Crippen LogP contribution in [0.3, 0.4) is 0 Å². The van der Waals surface area contributed by atoms with Crippen molar-refractivity contribution in [2.45, 2.75) is 13.1 Å². The van der Waals surface area contributed by atoms with Crippen molar-refractivity contribution in [3.63, 3.8) is 0 Å². The zero-order valence-corrected chi connectivity index (χ0v) is 18.4. The predicted molar refractivity (Wildman–Crippen MR) is 125 cm³/mol. The number of thiocarbonyl (C=S) groups is 1. The Morgan fingerprint density at radius 2 is 1.81 bits per heavy atom. The Bertz CT molecular complexity index is 1180. The zero-order valence-electron chi connectivity index (χ0n) is 16.1. The molecule has 0 aliphatic rings. The summed E-state index contributed by atoms with van der Waals surface area (Å²) in [5.74, 6) is 0.237. The van der Waals surface area contributed by atoms with Gasteiger partial charge in [-0.15, -0.1) is 0 Å². The summed E-state index contributed by atoms with van der Waals surface area (Å²) in [7, 11) is 0. The van der Waals surface area contributed by atoms with Crippen molar-refractivity contribution in [1.29, 1.82) is 0 Å². The van der Waals surface area contributed by atoms with Crippen molar-refractivity contribution >= 4 is 52.0 Å². The molecule has 0 unspecified atom stereocenters. The van der Waals surface area contributed by atoms with Crippen LogP contribution in [0.25, 0.3) is 0 Å². The highest BCUT2D eigenvalue weighted by molar-refractivity contribution is 7.80. The smallest absolute Gasteiger partial charge is 0.176 e. The molecule has 2 aromatic heterocycles. The van der Waals surface area contributed by atoms with E-state index in [9.17, 15) is 4.39 Å². The minimum Gasteiger partial charge on any atom is -0.330 e. The normalized spacial score (nSPS) is 10.8. The first-order chi connectivity index (χ1) is 15.0. The molecule has 0 aliphatic carbocycles. The fourth-order valence-corrected chi connectivity index (χ4v) is 3.50.